The fourth-order valence-electron chi connectivity index (χ4n) is 2.98. The molecule has 0 atom stereocenters. The predicted molar refractivity (Wildman–Crippen MR) is 115 cm³/mol. The zero-order chi connectivity index (χ0) is 20.6. The van der Waals surface area contributed by atoms with Gasteiger partial charge in [0.05, 0.1) is 13.2 Å². The van der Waals surface area contributed by atoms with Crippen LogP contribution in [0, 0.1) is 0 Å². The first kappa shape index (κ1) is 28.8. The number of aliphatic hydroxyl groups excluding tert-OH is 3. The van der Waals surface area contributed by atoms with Gasteiger partial charge in [-0.05, 0) is 13.3 Å². The maximum atomic E-state index is 10.8. The van der Waals surface area contributed by atoms with Gasteiger partial charge in [0.15, 0.2) is 0 Å². The monoisotopic (exact) mass is 388 g/mol. The van der Waals surface area contributed by atoms with Crippen molar-refractivity contribution >= 4 is 5.78 Å². The van der Waals surface area contributed by atoms with Crippen LogP contribution in [-0.2, 0) is 4.79 Å². The second-order valence-electron chi connectivity index (χ2n) is 7.77. The molecule has 0 fully saturated rings. The van der Waals surface area contributed by atoms with E-state index in [2.05, 4.69) is 6.92 Å². The van der Waals surface area contributed by atoms with E-state index in [1.54, 1.807) is 6.92 Å². The van der Waals surface area contributed by atoms with Crippen LogP contribution in [0.15, 0.2) is 0 Å². The average molecular weight is 389 g/mol. The molecule has 0 saturated heterocycles. The van der Waals surface area contributed by atoms with Gasteiger partial charge in [0.1, 0.15) is 11.9 Å². The van der Waals surface area contributed by atoms with Gasteiger partial charge in [-0.2, -0.15) is 0 Å². The molecule has 0 amide bonds. The van der Waals surface area contributed by atoms with Crippen LogP contribution in [0.4, 0.5) is 0 Å². The molecule has 0 unspecified atom stereocenters. The number of carbonyl (C=O) groups excluding carboxylic acids is 1. The smallest absolute Gasteiger partial charge is 0.129 e. The van der Waals surface area contributed by atoms with Crippen molar-refractivity contribution in [3.05, 3.63) is 0 Å². The molecule has 27 heavy (non-hydrogen) atoms. The highest BCUT2D eigenvalue weighted by Crippen LogP contribution is 2.13. The summed E-state index contributed by atoms with van der Waals surface area (Å²) in [7, 11) is 0. The second-order valence-corrected chi connectivity index (χ2v) is 7.77. The van der Waals surface area contributed by atoms with Crippen LogP contribution in [0.2, 0.25) is 0 Å². The molecular weight excluding hydrogens is 340 g/mol. The molecule has 4 heteroatoms. The minimum Gasteiger partial charge on any atom is -0.394 e. The molecule has 0 aliphatic rings. The first-order valence-corrected chi connectivity index (χ1v) is 11.5. The highest BCUT2D eigenvalue weighted by Gasteiger charge is 1.96. The third-order valence-corrected chi connectivity index (χ3v) is 4.80. The highest BCUT2D eigenvalue weighted by atomic mass is 16.3. The summed E-state index contributed by atoms with van der Waals surface area (Å²) in [6.07, 6.45) is 22.1. The number of aliphatic hydroxyl groups is 3. The topological polar surface area (TPSA) is 77.8 Å². The summed E-state index contributed by atoms with van der Waals surface area (Å²) >= 11 is 0. The normalized spacial score (nSPS) is 10.7. The first-order valence-electron chi connectivity index (χ1n) is 11.5. The number of carbonyl (C=O) groups is 1. The molecule has 0 aliphatic heterocycles. The van der Waals surface area contributed by atoms with E-state index < -0.39 is 6.10 Å². The van der Waals surface area contributed by atoms with E-state index >= 15 is 0 Å². The average Bonchev–Trinajstić information content (AvgIpc) is 2.67. The van der Waals surface area contributed by atoms with Crippen molar-refractivity contribution in [3.63, 3.8) is 0 Å². The Morgan fingerprint density at radius 2 is 0.926 bits per heavy atom. The molecular formula is C23H48O4. The molecule has 3 N–H and O–H groups in total. The van der Waals surface area contributed by atoms with Gasteiger partial charge in [-0.25, -0.2) is 0 Å². The Bertz CT molecular complexity index is 278. The van der Waals surface area contributed by atoms with Crippen molar-refractivity contribution in [2.24, 2.45) is 0 Å². The molecule has 0 bridgehead atoms. The standard InChI is InChI=1S/C20H40O.C3H8O3/c1-3-4-5-6-7-8-9-10-11-12-13-14-15-16-17-18-19-20(2)21;4-1-3(6)2-5/h3-19H2,1-2H3;3-6H,1-2H2. The molecule has 0 saturated carbocycles. The molecule has 4 nitrogen and oxygen atoms in total. The van der Waals surface area contributed by atoms with E-state index in [-0.39, 0.29) is 13.2 Å². The van der Waals surface area contributed by atoms with Gasteiger partial charge in [-0.1, -0.05) is 103 Å². The molecule has 0 radical (unpaired) electrons. The summed E-state index contributed by atoms with van der Waals surface area (Å²) in [6.45, 7) is 3.25. The quantitative estimate of drug-likeness (QED) is 0.253. The lowest BCUT2D eigenvalue weighted by Crippen LogP contribution is -2.15. The van der Waals surface area contributed by atoms with E-state index in [0.717, 1.165) is 12.8 Å². The molecule has 0 heterocycles. The van der Waals surface area contributed by atoms with Crippen LogP contribution in [0.3, 0.4) is 0 Å². The van der Waals surface area contributed by atoms with Crippen molar-refractivity contribution in [1.29, 1.82) is 0 Å². The fourth-order valence-corrected chi connectivity index (χ4v) is 2.98. The fraction of sp³-hybridized carbons (Fsp3) is 0.957. The summed E-state index contributed by atoms with van der Waals surface area (Å²) in [6, 6.07) is 0. The molecule has 0 aliphatic carbocycles. The van der Waals surface area contributed by atoms with E-state index in [1.165, 1.54) is 96.3 Å². The number of Topliss-reactive ketones (excluding diaryl/α,β-unsaturated/α-hetero) is 1. The minimum absolute atomic E-state index is 0.348. The summed E-state index contributed by atoms with van der Waals surface area (Å²) in [5.74, 6) is 0.348. The Hall–Kier alpha value is -0.450. The van der Waals surface area contributed by atoms with Crippen molar-refractivity contribution in [1.82, 2.24) is 0 Å². The predicted octanol–water partition coefficient (Wildman–Crippen LogP) is 5.56. The highest BCUT2D eigenvalue weighted by molar-refractivity contribution is 5.75. The van der Waals surface area contributed by atoms with Crippen LogP contribution in [0.25, 0.3) is 0 Å². The van der Waals surface area contributed by atoms with Gasteiger partial charge in [-0.15, -0.1) is 0 Å². The van der Waals surface area contributed by atoms with Crippen molar-refractivity contribution in [3.8, 4) is 0 Å². The Morgan fingerprint density at radius 1 is 0.630 bits per heavy atom. The van der Waals surface area contributed by atoms with Gasteiger partial charge < -0.3 is 20.1 Å². The van der Waals surface area contributed by atoms with Crippen LogP contribution < -0.4 is 0 Å². The van der Waals surface area contributed by atoms with Crippen LogP contribution >= 0.6 is 0 Å². The largest absolute Gasteiger partial charge is 0.394 e. The van der Waals surface area contributed by atoms with Gasteiger partial charge in [0.25, 0.3) is 0 Å². The lowest BCUT2D eigenvalue weighted by molar-refractivity contribution is -0.117. The summed E-state index contributed by atoms with van der Waals surface area (Å²) in [5, 5.41) is 24.0. The third kappa shape index (κ3) is 30.5. The van der Waals surface area contributed by atoms with Crippen molar-refractivity contribution < 1.29 is 20.1 Å². The Kier molecular flexibility index (Phi) is 27.2. The van der Waals surface area contributed by atoms with E-state index in [9.17, 15) is 4.79 Å². The Labute approximate surface area is 168 Å². The molecule has 0 rings (SSSR count). The number of hydrogen-bond acceptors (Lipinski definition) is 4. The lowest BCUT2D eigenvalue weighted by atomic mass is 10.0. The van der Waals surface area contributed by atoms with Crippen LogP contribution in [-0.4, -0.2) is 40.4 Å². The zero-order valence-corrected chi connectivity index (χ0v) is 18.3. The molecule has 0 aromatic heterocycles. The second kappa shape index (κ2) is 25.6. The first-order chi connectivity index (χ1) is 13.1. The molecule has 0 spiro atoms. The number of hydrogen-bond donors (Lipinski definition) is 3. The van der Waals surface area contributed by atoms with E-state index in [4.69, 9.17) is 15.3 Å². The summed E-state index contributed by atoms with van der Waals surface area (Å²) < 4.78 is 0. The van der Waals surface area contributed by atoms with Gasteiger partial charge in [-0.3, -0.25) is 0 Å². The van der Waals surface area contributed by atoms with E-state index in [0.29, 0.717) is 5.78 Å². The van der Waals surface area contributed by atoms with Crippen molar-refractivity contribution in [2.45, 2.75) is 129 Å². The third-order valence-electron chi connectivity index (χ3n) is 4.80. The zero-order valence-electron chi connectivity index (χ0n) is 18.3. The van der Waals surface area contributed by atoms with E-state index in [1.807, 2.05) is 0 Å². The number of unbranched alkanes of at least 4 members (excludes halogenated alkanes) is 15. The molecule has 0 aromatic rings. The maximum Gasteiger partial charge on any atom is 0.129 e. The minimum atomic E-state index is -0.954. The molecule has 0 aromatic carbocycles. The van der Waals surface area contributed by atoms with Gasteiger partial charge in [0, 0.05) is 6.42 Å². The number of rotatable bonds is 19. The van der Waals surface area contributed by atoms with Gasteiger partial charge in [0.2, 0.25) is 0 Å². The lowest BCUT2D eigenvalue weighted by Gasteiger charge is -2.03. The SMILES string of the molecule is CCCCCCCCCCCCCCCCCCC(C)=O.OCC(O)CO. The number of ketones is 1. The van der Waals surface area contributed by atoms with Crippen LogP contribution in [0.1, 0.15) is 123 Å². The summed E-state index contributed by atoms with van der Waals surface area (Å²) in [4.78, 5) is 10.8. The van der Waals surface area contributed by atoms with Gasteiger partial charge >= 0.3 is 0 Å². The van der Waals surface area contributed by atoms with Crippen LogP contribution in [0.5, 0.6) is 0 Å². The maximum absolute atomic E-state index is 10.8. The van der Waals surface area contributed by atoms with Crippen molar-refractivity contribution in [2.75, 3.05) is 13.2 Å². The Balaban J connectivity index is 0. The molecule has 164 valence electrons. The summed E-state index contributed by atoms with van der Waals surface area (Å²) in [5.41, 5.74) is 0. The Morgan fingerprint density at radius 3 is 1.15 bits per heavy atom.